The fourth-order valence-corrected chi connectivity index (χ4v) is 7.54. The highest BCUT2D eigenvalue weighted by atomic mass is 35.5. The number of carbonyl (C=O) groups excluding carboxylic acids is 2. The van der Waals surface area contributed by atoms with Gasteiger partial charge in [0.15, 0.2) is 11.6 Å². The molecule has 0 amide bonds. The maximum atomic E-state index is 14.1. The SMILES string of the molecule is CC(=O)c1ccc(-c2c(-c3ccc(C(C)=O)cc3)c(-c3ccc(C(F)(F)F)cc3)c(-c3ccccc3)c(-c3ccc(Cl)cc3)c2-c2ccc(C(C)(C)C)cc2)cc1. The van der Waals surface area contributed by atoms with Crippen LogP contribution in [0.5, 0.6) is 0 Å². The molecule has 0 aliphatic carbocycles. The van der Waals surface area contributed by atoms with Crippen LogP contribution in [0.1, 0.15) is 66.5 Å². The lowest BCUT2D eigenvalue weighted by atomic mass is 9.73. The van der Waals surface area contributed by atoms with Gasteiger partial charge < -0.3 is 0 Å². The molecule has 0 fully saturated rings. The van der Waals surface area contributed by atoms with Gasteiger partial charge in [-0.2, -0.15) is 13.2 Å². The van der Waals surface area contributed by atoms with Gasteiger partial charge >= 0.3 is 6.18 Å². The molecule has 7 aromatic rings. The smallest absolute Gasteiger partial charge is 0.295 e. The van der Waals surface area contributed by atoms with Crippen LogP contribution in [0, 0.1) is 0 Å². The Morgan fingerprint density at radius 1 is 0.404 bits per heavy atom. The Bertz CT molecular complexity index is 2580. The van der Waals surface area contributed by atoms with Crippen molar-refractivity contribution in [1.29, 1.82) is 0 Å². The van der Waals surface area contributed by atoms with Gasteiger partial charge in [0, 0.05) is 16.1 Å². The van der Waals surface area contributed by atoms with Gasteiger partial charge in [-0.1, -0.05) is 160 Å². The molecule has 7 aromatic carbocycles. The van der Waals surface area contributed by atoms with E-state index in [1.165, 1.54) is 26.0 Å². The van der Waals surface area contributed by atoms with E-state index >= 15 is 0 Å². The number of hydrogen-bond donors (Lipinski definition) is 0. The van der Waals surface area contributed by atoms with Crippen molar-refractivity contribution < 1.29 is 22.8 Å². The molecule has 0 aromatic heterocycles. The second-order valence-corrected chi connectivity index (χ2v) is 15.7. The standard InChI is InChI=1S/C51H40ClF3O2/c1-31(56)33-11-15-36(16-12-33)45-46(37-17-13-34(14-18-37)32(2)57)48(38-19-25-41(26-20-38)50(3,4)5)49(40-23-29-43(52)30-24-40)44(35-9-7-6-8-10-35)47(45)39-21-27-42(28-22-39)51(53,54)55/h6-30H,1-5H3. The number of Topliss-reactive ketones (excluding diaryl/α,β-unsaturated/α-hetero) is 2. The average Bonchev–Trinajstić information content (AvgIpc) is 3.20. The van der Waals surface area contributed by atoms with Gasteiger partial charge in [-0.25, -0.2) is 0 Å². The fourth-order valence-electron chi connectivity index (χ4n) is 7.41. The molecule has 0 unspecified atom stereocenters. The molecule has 0 saturated carbocycles. The predicted octanol–water partition coefficient (Wildman–Crippen LogP) is 15.1. The number of carbonyl (C=O) groups is 2. The monoisotopic (exact) mass is 776 g/mol. The van der Waals surface area contributed by atoms with Crippen LogP contribution in [0.25, 0.3) is 66.8 Å². The van der Waals surface area contributed by atoms with Crippen LogP contribution in [0.15, 0.2) is 152 Å². The average molecular weight is 777 g/mol. The van der Waals surface area contributed by atoms with E-state index in [1.807, 2.05) is 78.9 Å². The van der Waals surface area contributed by atoms with Crippen LogP contribution in [0.3, 0.4) is 0 Å². The van der Waals surface area contributed by atoms with Crippen LogP contribution < -0.4 is 0 Å². The molecule has 7 rings (SSSR count). The predicted molar refractivity (Wildman–Crippen MR) is 228 cm³/mol. The minimum absolute atomic E-state index is 0.0775. The van der Waals surface area contributed by atoms with E-state index in [9.17, 15) is 22.8 Å². The lowest BCUT2D eigenvalue weighted by molar-refractivity contribution is -0.137. The maximum Gasteiger partial charge on any atom is 0.416 e. The zero-order chi connectivity index (χ0) is 40.6. The van der Waals surface area contributed by atoms with Crippen LogP contribution >= 0.6 is 11.6 Å². The lowest BCUT2D eigenvalue weighted by Gasteiger charge is -2.29. The van der Waals surface area contributed by atoms with E-state index in [-0.39, 0.29) is 17.0 Å². The van der Waals surface area contributed by atoms with Crippen molar-refractivity contribution in [2.45, 2.75) is 46.2 Å². The van der Waals surface area contributed by atoms with E-state index in [2.05, 4.69) is 45.0 Å². The van der Waals surface area contributed by atoms with Crippen LogP contribution in [-0.2, 0) is 11.6 Å². The fraction of sp³-hybridized carbons (Fsp3) is 0.137. The Morgan fingerprint density at radius 3 is 0.982 bits per heavy atom. The highest BCUT2D eigenvalue weighted by Crippen LogP contribution is 2.56. The molecule has 284 valence electrons. The summed E-state index contributed by atoms with van der Waals surface area (Å²) >= 11 is 6.52. The van der Waals surface area contributed by atoms with Gasteiger partial charge in [0.2, 0.25) is 0 Å². The third-order valence-electron chi connectivity index (χ3n) is 10.4. The molecule has 0 aliphatic rings. The summed E-state index contributed by atoms with van der Waals surface area (Å²) in [6.07, 6.45) is -4.53. The van der Waals surface area contributed by atoms with Gasteiger partial charge in [0.05, 0.1) is 5.56 Å². The summed E-state index contributed by atoms with van der Waals surface area (Å²) in [5.41, 5.74) is 10.9. The molecule has 0 aliphatic heterocycles. The minimum atomic E-state index is -4.53. The second kappa shape index (κ2) is 15.5. The van der Waals surface area contributed by atoms with E-state index in [4.69, 9.17) is 11.6 Å². The Morgan fingerprint density at radius 2 is 0.684 bits per heavy atom. The summed E-state index contributed by atoms with van der Waals surface area (Å²) in [5.74, 6) is -0.168. The van der Waals surface area contributed by atoms with Crippen LogP contribution in [0.4, 0.5) is 13.2 Å². The summed E-state index contributed by atoms with van der Waals surface area (Å²) in [5, 5.41) is 0.557. The first-order valence-electron chi connectivity index (χ1n) is 18.7. The summed E-state index contributed by atoms with van der Waals surface area (Å²) in [6, 6.07) is 46.1. The Hall–Kier alpha value is -6.04. The third-order valence-corrected chi connectivity index (χ3v) is 10.6. The van der Waals surface area contributed by atoms with Crippen molar-refractivity contribution >= 4 is 23.2 Å². The molecule has 0 atom stereocenters. The number of ketones is 2. The Balaban J connectivity index is 1.78. The summed E-state index contributed by atoms with van der Waals surface area (Å²) in [6.45, 7) is 9.53. The Kier molecular flexibility index (Phi) is 10.6. The quantitative estimate of drug-likeness (QED) is 0.144. The molecular formula is C51H40ClF3O2. The van der Waals surface area contributed by atoms with E-state index < -0.39 is 11.7 Å². The molecule has 57 heavy (non-hydrogen) atoms. The van der Waals surface area contributed by atoms with Crippen molar-refractivity contribution in [1.82, 2.24) is 0 Å². The molecule has 2 nitrogen and oxygen atoms in total. The van der Waals surface area contributed by atoms with Crippen molar-refractivity contribution in [3.8, 4) is 66.8 Å². The van der Waals surface area contributed by atoms with E-state index in [0.717, 1.165) is 73.3 Å². The van der Waals surface area contributed by atoms with Gasteiger partial charge in [-0.05, 0) is 116 Å². The molecule has 6 heteroatoms. The molecule has 0 N–H and O–H groups in total. The van der Waals surface area contributed by atoms with Crippen molar-refractivity contribution in [3.05, 3.63) is 179 Å². The van der Waals surface area contributed by atoms with E-state index in [1.54, 1.807) is 24.3 Å². The zero-order valence-corrected chi connectivity index (χ0v) is 33.0. The molecule has 0 saturated heterocycles. The topological polar surface area (TPSA) is 34.1 Å². The summed E-state index contributed by atoms with van der Waals surface area (Å²) in [4.78, 5) is 25.1. The van der Waals surface area contributed by atoms with Gasteiger partial charge in [0.25, 0.3) is 0 Å². The number of rotatable bonds is 8. The molecule has 0 heterocycles. The van der Waals surface area contributed by atoms with Crippen LogP contribution in [-0.4, -0.2) is 11.6 Å². The van der Waals surface area contributed by atoms with Gasteiger partial charge in [-0.15, -0.1) is 0 Å². The maximum absolute atomic E-state index is 14.1. The number of alkyl halides is 3. The molecule has 0 bridgehead atoms. The van der Waals surface area contributed by atoms with Gasteiger partial charge in [0.1, 0.15) is 0 Å². The van der Waals surface area contributed by atoms with Crippen molar-refractivity contribution in [3.63, 3.8) is 0 Å². The Labute approximate surface area is 336 Å². The minimum Gasteiger partial charge on any atom is -0.295 e. The van der Waals surface area contributed by atoms with Crippen molar-refractivity contribution in [2.75, 3.05) is 0 Å². The lowest BCUT2D eigenvalue weighted by Crippen LogP contribution is -2.10. The molecule has 0 spiro atoms. The largest absolute Gasteiger partial charge is 0.416 e. The number of hydrogen-bond acceptors (Lipinski definition) is 2. The highest BCUT2D eigenvalue weighted by Gasteiger charge is 2.32. The highest BCUT2D eigenvalue weighted by molar-refractivity contribution is 6.30. The second-order valence-electron chi connectivity index (χ2n) is 15.3. The first-order valence-corrected chi connectivity index (χ1v) is 19.1. The summed E-state index contributed by atoms with van der Waals surface area (Å²) in [7, 11) is 0. The zero-order valence-electron chi connectivity index (χ0n) is 32.3. The first kappa shape index (κ1) is 39.2. The molecule has 0 radical (unpaired) electrons. The molecular weight excluding hydrogens is 737 g/mol. The number of halogens is 4. The van der Waals surface area contributed by atoms with Gasteiger partial charge in [-0.3, -0.25) is 9.59 Å². The number of benzene rings is 7. The normalized spacial score (nSPS) is 11.7. The third kappa shape index (κ3) is 7.99. The van der Waals surface area contributed by atoms with Crippen LogP contribution in [0.2, 0.25) is 5.02 Å². The summed E-state index contributed by atoms with van der Waals surface area (Å²) < 4.78 is 42.3. The van der Waals surface area contributed by atoms with E-state index in [0.29, 0.717) is 27.3 Å². The van der Waals surface area contributed by atoms with Crippen molar-refractivity contribution in [2.24, 2.45) is 0 Å². The first-order chi connectivity index (χ1) is 27.1.